The van der Waals surface area contributed by atoms with E-state index in [2.05, 4.69) is 10.4 Å². The third-order valence-electron chi connectivity index (χ3n) is 4.70. The number of carbonyl (C=O) groups is 1. The number of benzene rings is 1. The van der Waals surface area contributed by atoms with Gasteiger partial charge in [0.15, 0.2) is 0 Å². The Labute approximate surface area is 151 Å². The molecule has 1 N–H and O–H groups in total. The number of aromatic nitrogens is 2. The van der Waals surface area contributed by atoms with Crippen molar-refractivity contribution in [2.75, 3.05) is 18.6 Å². The van der Waals surface area contributed by atoms with E-state index in [9.17, 15) is 13.2 Å². The second-order valence-corrected chi connectivity index (χ2v) is 9.07. The van der Waals surface area contributed by atoms with Crippen LogP contribution in [0.4, 0.5) is 4.79 Å². The number of hydrogen-bond donors (Lipinski definition) is 1. The molecule has 1 aromatic carbocycles. The second kappa shape index (κ2) is 6.84. The van der Waals surface area contributed by atoms with E-state index in [0.29, 0.717) is 23.6 Å². The number of rotatable bonds is 3. The molecule has 7 nitrogen and oxygen atoms in total. The number of aryl methyl sites for hydroxylation is 1. The summed E-state index contributed by atoms with van der Waals surface area (Å²) < 4.78 is 24.8. The molecule has 1 aliphatic heterocycles. The van der Waals surface area contributed by atoms with Gasteiger partial charge in [0.1, 0.15) is 9.84 Å². The molecule has 0 radical (unpaired) electrons. The Bertz CT molecular complexity index is 895. The lowest BCUT2D eigenvalue weighted by atomic mass is 10.1. The van der Waals surface area contributed by atoms with Gasteiger partial charge in [-0.1, -0.05) is 17.7 Å². The maximum atomic E-state index is 12.4. The summed E-state index contributed by atoms with van der Waals surface area (Å²) in [5, 5.41) is 8.72. The van der Waals surface area contributed by atoms with Gasteiger partial charge >= 0.3 is 6.03 Å². The van der Waals surface area contributed by atoms with Crippen LogP contribution in [0.15, 0.2) is 18.2 Å². The first kappa shape index (κ1) is 18.0. The van der Waals surface area contributed by atoms with Crippen molar-refractivity contribution in [3.8, 4) is 0 Å². The molecule has 3 rings (SSSR count). The summed E-state index contributed by atoms with van der Waals surface area (Å²) in [5.74, 6) is 0.269. The number of nitrogens with zero attached hydrogens (tertiary/aromatic N) is 3. The summed E-state index contributed by atoms with van der Waals surface area (Å²) in [5.41, 5.74) is 1.61. The number of nitrogens with one attached hydrogen (secondary N) is 1. The first-order valence-electron chi connectivity index (χ1n) is 8.09. The standard InChI is InChI=1S/C16H21ClN4O3S/c1-20(11-6-8-25(23,24)9-7-11)16(22)18-10-13-15-12(17)4-3-5-14(15)21(2)19-13/h3-5,11H,6-10H2,1-2H3,(H,18,22). The Morgan fingerprint density at radius 3 is 2.76 bits per heavy atom. The van der Waals surface area contributed by atoms with Crippen molar-refractivity contribution in [2.24, 2.45) is 7.05 Å². The molecular formula is C16H21ClN4O3S. The van der Waals surface area contributed by atoms with Crippen LogP contribution < -0.4 is 5.32 Å². The van der Waals surface area contributed by atoms with E-state index in [4.69, 9.17) is 11.6 Å². The van der Waals surface area contributed by atoms with E-state index in [1.54, 1.807) is 22.7 Å². The fraction of sp³-hybridized carbons (Fsp3) is 0.500. The lowest BCUT2D eigenvalue weighted by molar-refractivity contribution is 0.185. The maximum absolute atomic E-state index is 12.4. The molecule has 1 aromatic heterocycles. The molecule has 136 valence electrons. The normalized spacial score (nSPS) is 17.6. The minimum Gasteiger partial charge on any atom is -0.332 e. The molecule has 9 heteroatoms. The van der Waals surface area contributed by atoms with Crippen LogP contribution in [-0.2, 0) is 23.4 Å². The third-order valence-corrected chi connectivity index (χ3v) is 6.73. The number of fused-ring (bicyclic) bond motifs is 1. The number of urea groups is 1. The van der Waals surface area contributed by atoms with Gasteiger partial charge in [0, 0.05) is 25.5 Å². The average molecular weight is 385 g/mol. The van der Waals surface area contributed by atoms with E-state index in [1.165, 1.54) is 0 Å². The molecule has 0 aliphatic carbocycles. The van der Waals surface area contributed by atoms with Crippen molar-refractivity contribution < 1.29 is 13.2 Å². The fourth-order valence-electron chi connectivity index (χ4n) is 3.19. The summed E-state index contributed by atoms with van der Waals surface area (Å²) in [6, 6.07) is 5.28. The zero-order valence-corrected chi connectivity index (χ0v) is 15.8. The van der Waals surface area contributed by atoms with Crippen molar-refractivity contribution >= 4 is 38.4 Å². The van der Waals surface area contributed by atoms with Crippen LogP contribution in [0.3, 0.4) is 0 Å². The molecule has 0 atom stereocenters. The van der Waals surface area contributed by atoms with Gasteiger partial charge in [-0.25, -0.2) is 13.2 Å². The minimum absolute atomic E-state index is 0.0624. The van der Waals surface area contributed by atoms with E-state index in [-0.39, 0.29) is 30.1 Å². The van der Waals surface area contributed by atoms with E-state index >= 15 is 0 Å². The van der Waals surface area contributed by atoms with Crippen LogP contribution in [0.2, 0.25) is 5.02 Å². The number of amides is 2. The fourth-order valence-corrected chi connectivity index (χ4v) is 4.94. The first-order chi connectivity index (χ1) is 11.8. The molecule has 25 heavy (non-hydrogen) atoms. The molecule has 1 aliphatic rings. The zero-order valence-electron chi connectivity index (χ0n) is 14.2. The van der Waals surface area contributed by atoms with Crippen LogP contribution in [0.5, 0.6) is 0 Å². The van der Waals surface area contributed by atoms with Gasteiger partial charge in [-0.2, -0.15) is 5.10 Å². The van der Waals surface area contributed by atoms with Crippen LogP contribution in [0, 0.1) is 0 Å². The highest BCUT2D eigenvalue weighted by Crippen LogP contribution is 2.26. The topological polar surface area (TPSA) is 84.3 Å². The van der Waals surface area contributed by atoms with Gasteiger partial charge < -0.3 is 10.2 Å². The number of halogens is 1. The smallest absolute Gasteiger partial charge is 0.317 e. The Morgan fingerprint density at radius 2 is 2.08 bits per heavy atom. The highest BCUT2D eigenvalue weighted by molar-refractivity contribution is 7.91. The Morgan fingerprint density at radius 1 is 1.40 bits per heavy atom. The average Bonchev–Trinajstić information content (AvgIpc) is 2.89. The van der Waals surface area contributed by atoms with E-state index in [1.807, 2.05) is 19.2 Å². The second-order valence-electron chi connectivity index (χ2n) is 6.36. The van der Waals surface area contributed by atoms with Crippen LogP contribution in [-0.4, -0.2) is 53.7 Å². The number of hydrogen-bond acceptors (Lipinski definition) is 4. The Hall–Kier alpha value is -1.80. The van der Waals surface area contributed by atoms with Gasteiger partial charge in [0.25, 0.3) is 0 Å². The summed E-state index contributed by atoms with van der Waals surface area (Å²) in [6.07, 6.45) is 0.954. The molecule has 1 saturated heterocycles. The summed E-state index contributed by atoms with van der Waals surface area (Å²) >= 11 is 6.27. The van der Waals surface area contributed by atoms with Crippen LogP contribution in [0.25, 0.3) is 10.9 Å². The van der Waals surface area contributed by atoms with Crippen molar-refractivity contribution in [3.63, 3.8) is 0 Å². The molecule has 1 fully saturated rings. The van der Waals surface area contributed by atoms with Gasteiger partial charge in [-0.05, 0) is 25.0 Å². The molecule has 0 bridgehead atoms. The van der Waals surface area contributed by atoms with Crippen molar-refractivity contribution in [2.45, 2.75) is 25.4 Å². The molecule has 2 amide bonds. The lowest BCUT2D eigenvalue weighted by Gasteiger charge is -2.31. The quantitative estimate of drug-likeness (QED) is 0.876. The molecule has 2 heterocycles. The summed E-state index contributed by atoms with van der Waals surface area (Å²) in [6.45, 7) is 0.259. The third kappa shape index (κ3) is 3.74. The van der Waals surface area contributed by atoms with Gasteiger partial charge in [0.05, 0.1) is 34.3 Å². The SMILES string of the molecule is CN(C(=O)NCc1nn(C)c2cccc(Cl)c12)C1CCS(=O)(=O)CC1. The van der Waals surface area contributed by atoms with Gasteiger partial charge in [-0.15, -0.1) is 0 Å². The predicted molar refractivity (Wildman–Crippen MR) is 97.4 cm³/mol. The highest BCUT2D eigenvalue weighted by atomic mass is 35.5. The molecular weight excluding hydrogens is 364 g/mol. The minimum atomic E-state index is -2.94. The van der Waals surface area contributed by atoms with Crippen LogP contribution in [0.1, 0.15) is 18.5 Å². The first-order valence-corrected chi connectivity index (χ1v) is 10.3. The molecule has 0 unspecified atom stereocenters. The van der Waals surface area contributed by atoms with Crippen LogP contribution >= 0.6 is 11.6 Å². The number of sulfone groups is 1. The molecule has 0 spiro atoms. The van der Waals surface area contributed by atoms with Crippen molar-refractivity contribution in [3.05, 3.63) is 28.9 Å². The number of carbonyl (C=O) groups excluding carboxylic acids is 1. The summed E-state index contributed by atoms with van der Waals surface area (Å²) in [4.78, 5) is 14.0. The van der Waals surface area contributed by atoms with Gasteiger partial charge in [-0.3, -0.25) is 4.68 Å². The van der Waals surface area contributed by atoms with Gasteiger partial charge in [0.2, 0.25) is 0 Å². The lowest BCUT2D eigenvalue weighted by Crippen LogP contribution is -2.46. The monoisotopic (exact) mass is 384 g/mol. The highest BCUT2D eigenvalue weighted by Gasteiger charge is 2.28. The van der Waals surface area contributed by atoms with E-state index in [0.717, 1.165) is 10.9 Å². The van der Waals surface area contributed by atoms with Crippen molar-refractivity contribution in [1.82, 2.24) is 20.0 Å². The Kier molecular flexibility index (Phi) is 4.92. The maximum Gasteiger partial charge on any atom is 0.317 e. The predicted octanol–water partition coefficient (Wildman–Crippen LogP) is 1.95. The largest absolute Gasteiger partial charge is 0.332 e. The molecule has 2 aromatic rings. The summed E-state index contributed by atoms with van der Waals surface area (Å²) in [7, 11) is 0.586. The Balaban J connectivity index is 1.67. The van der Waals surface area contributed by atoms with E-state index < -0.39 is 9.84 Å². The van der Waals surface area contributed by atoms with Crippen molar-refractivity contribution in [1.29, 1.82) is 0 Å². The molecule has 0 saturated carbocycles. The zero-order chi connectivity index (χ0) is 18.2.